The van der Waals surface area contributed by atoms with Crippen molar-refractivity contribution in [1.29, 1.82) is 0 Å². The number of rotatable bonds is 9. The Morgan fingerprint density at radius 2 is 0.800 bits per heavy atom. The van der Waals surface area contributed by atoms with Gasteiger partial charge in [-0.1, -0.05) is 87.8 Å². The number of halogens is 6. The highest BCUT2D eigenvalue weighted by Gasteiger charge is 2.38. The lowest BCUT2D eigenvalue weighted by atomic mass is 10.3. The summed E-state index contributed by atoms with van der Waals surface area (Å²) in [5, 5.41) is 1.84. The first kappa shape index (κ1) is 28.4. The average Bonchev–Trinajstić information content (AvgIpc) is 2.78. The van der Waals surface area contributed by atoms with Gasteiger partial charge in [-0.2, -0.15) is 15.5 Å². The van der Waals surface area contributed by atoms with Crippen molar-refractivity contribution in [1.82, 2.24) is 0 Å². The van der Waals surface area contributed by atoms with Crippen LogP contribution in [0.2, 0.25) is 30.1 Å². The minimum Gasteiger partial charge on any atom is -0.222 e. The minimum atomic E-state index is -4.89. The van der Waals surface area contributed by atoms with E-state index in [-0.39, 0.29) is 47.2 Å². The molecule has 0 aliphatic carbocycles. The van der Waals surface area contributed by atoms with Crippen LogP contribution >= 0.6 is 77.4 Å². The molecule has 0 fully saturated rings. The van der Waals surface area contributed by atoms with Crippen LogP contribution in [-0.2, 0) is 18.4 Å². The number of benzene rings is 3. The molecule has 3 aromatic carbocycles. The Morgan fingerprint density at radius 3 is 1.06 bits per heavy atom. The molecule has 10 nitrogen and oxygen atoms in total. The Labute approximate surface area is 229 Å². The van der Waals surface area contributed by atoms with E-state index in [9.17, 15) is 4.57 Å². The van der Waals surface area contributed by atoms with Gasteiger partial charge in [-0.3, -0.25) is 0 Å². The van der Waals surface area contributed by atoms with E-state index in [0.29, 0.717) is 15.5 Å². The van der Waals surface area contributed by atoms with Gasteiger partial charge in [-0.25, -0.2) is 22.1 Å². The van der Waals surface area contributed by atoms with Crippen LogP contribution in [0.5, 0.6) is 0 Å². The molecule has 188 valence electrons. The van der Waals surface area contributed by atoms with Gasteiger partial charge in [-0.05, 0) is 36.4 Å². The highest BCUT2D eigenvalue weighted by atomic mass is 35.5. The summed E-state index contributed by atoms with van der Waals surface area (Å²) < 4.78 is 29.5. The summed E-state index contributed by atoms with van der Waals surface area (Å²) in [5.41, 5.74) is 0.000862. The van der Waals surface area contributed by atoms with Gasteiger partial charge in [-0.15, -0.1) is 13.9 Å². The summed E-state index contributed by atoms with van der Waals surface area (Å²) >= 11 is 36.5. The molecule has 0 spiro atoms. The quantitative estimate of drug-likeness (QED) is 0.131. The highest BCUT2D eigenvalue weighted by Crippen LogP contribution is 2.53. The predicted molar refractivity (Wildman–Crippen MR) is 140 cm³/mol. The monoisotopic (exact) mass is 620 g/mol. The van der Waals surface area contributed by atoms with E-state index in [1.165, 1.54) is 54.6 Å². The van der Waals surface area contributed by atoms with Crippen molar-refractivity contribution in [3.8, 4) is 0 Å². The van der Waals surface area contributed by atoms with E-state index in [1.807, 2.05) is 0 Å². The summed E-state index contributed by atoms with van der Waals surface area (Å²) in [6.07, 6.45) is 0. The van der Waals surface area contributed by atoms with Crippen LogP contribution in [0.4, 0.5) is 17.1 Å². The van der Waals surface area contributed by atoms with E-state index in [0.717, 1.165) is 0 Å². The maximum Gasteiger partial charge on any atom is 0.543 e. The van der Waals surface area contributed by atoms with Crippen molar-refractivity contribution < 1.29 is 18.4 Å². The van der Waals surface area contributed by atoms with Gasteiger partial charge in [0, 0.05) is 0 Å². The molecule has 0 saturated carbocycles. The molecular formula is C18H15Cl6N6O4P. The summed E-state index contributed by atoms with van der Waals surface area (Å²) in [7, 11) is -4.89. The molecule has 0 bridgehead atoms. The highest BCUT2D eigenvalue weighted by molar-refractivity contribution is 7.48. The topological polar surface area (TPSA) is 133 Å². The van der Waals surface area contributed by atoms with Gasteiger partial charge in [0.25, 0.3) is 0 Å². The molecule has 3 aromatic rings. The van der Waals surface area contributed by atoms with Crippen molar-refractivity contribution in [3.05, 3.63) is 84.7 Å². The van der Waals surface area contributed by atoms with Crippen LogP contribution < -0.4 is 33.0 Å². The fourth-order valence-electron chi connectivity index (χ4n) is 2.49. The third kappa shape index (κ3) is 6.76. The number of nitrogens with zero attached hydrogens (tertiary/aromatic N) is 3. The Hall–Kier alpha value is -1.21. The second-order valence-electron chi connectivity index (χ2n) is 6.39. The Bertz CT molecular complexity index is 1120. The van der Waals surface area contributed by atoms with Crippen LogP contribution in [0.15, 0.2) is 54.6 Å². The molecule has 0 atom stereocenters. The summed E-state index contributed by atoms with van der Waals surface area (Å²) in [6, 6.07) is 13.3. The van der Waals surface area contributed by atoms with Crippen molar-refractivity contribution in [2.45, 2.75) is 0 Å². The minimum absolute atomic E-state index is 0.000287. The zero-order chi connectivity index (χ0) is 25.9. The fraction of sp³-hybridized carbons (Fsp3) is 0. The van der Waals surface area contributed by atoms with Crippen LogP contribution in [0.3, 0.4) is 0 Å². The molecule has 3 rings (SSSR count). The second kappa shape index (κ2) is 11.9. The summed E-state index contributed by atoms with van der Waals surface area (Å²) in [6.45, 7) is 0. The Morgan fingerprint density at radius 1 is 0.543 bits per heavy atom. The van der Waals surface area contributed by atoms with Crippen LogP contribution in [0.1, 0.15) is 0 Å². The molecule has 6 N–H and O–H groups in total. The normalized spacial score (nSPS) is 11.5. The molecule has 17 heteroatoms. The lowest BCUT2D eigenvalue weighted by Gasteiger charge is -2.30. The number of hydrogen-bond donors (Lipinski definition) is 3. The molecule has 0 aliphatic heterocycles. The van der Waals surface area contributed by atoms with Crippen molar-refractivity contribution in [2.75, 3.05) is 15.5 Å². The molecule has 35 heavy (non-hydrogen) atoms. The molecule has 0 saturated heterocycles. The van der Waals surface area contributed by atoms with E-state index in [1.54, 1.807) is 0 Å². The van der Waals surface area contributed by atoms with Gasteiger partial charge < -0.3 is 0 Å². The van der Waals surface area contributed by atoms with Crippen LogP contribution in [-0.4, -0.2) is 0 Å². The van der Waals surface area contributed by atoms with Crippen molar-refractivity contribution >= 4 is 94.5 Å². The first-order chi connectivity index (χ1) is 16.4. The standard InChI is InChI=1S/C18H15Cl6N6O4P/c19-10-4-1-7-13(16(10)22)28(25)32-35(31,33-29(26)14-8-2-5-11(20)17(14)23)34-30(27)15-9-3-6-12(21)18(15)24/h1-9H,25-27H2. The fourth-order valence-corrected chi connectivity index (χ4v) is 4.62. The number of nitrogens with two attached hydrogens (primary N) is 3. The van der Waals surface area contributed by atoms with Crippen LogP contribution in [0, 0.1) is 0 Å². The van der Waals surface area contributed by atoms with E-state index < -0.39 is 7.82 Å². The number of hydrogen-bond acceptors (Lipinski definition) is 10. The first-order valence-electron chi connectivity index (χ1n) is 9.09. The number of hydrazine groups is 3. The van der Waals surface area contributed by atoms with Gasteiger partial charge in [0.2, 0.25) is 0 Å². The number of phosphoric acid groups is 1. The third-order valence-electron chi connectivity index (χ3n) is 4.07. The molecule has 0 unspecified atom stereocenters. The molecule has 0 aromatic heterocycles. The lowest BCUT2D eigenvalue weighted by molar-refractivity contribution is 0.0861. The molecular weight excluding hydrogens is 608 g/mol. The van der Waals surface area contributed by atoms with E-state index >= 15 is 0 Å². The maximum atomic E-state index is 13.7. The SMILES string of the molecule is NN(OP(=O)(ON(N)c1cccc(Cl)c1Cl)ON(N)c1cccc(Cl)c1Cl)c1cccc(Cl)c1Cl. The Kier molecular flexibility index (Phi) is 9.64. The van der Waals surface area contributed by atoms with Gasteiger partial charge in [0.15, 0.2) is 0 Å². The lowest BCUT2D eigenvalue weighted by Crippen LogP contribution is -2.38. The van der Waals surface area contributed by atoms with Crippen molar-refractivity contribution in [3.63, 3.8) is 0 Å². The zero-order valence-electron chi connectivity index (χ0n) is 17.1. The third-order valence-corrected chi connectivity index (χ3v) is 7.62. The smallest absolute Gasteiger partial charge is 0.222 e. The average molecular weight is 623 g/mol. The van der Waals surface area contributed by atoms with Gasteiger partial charge in [0.1, 0.15) is 17.1 Å². The Balaban J connectivity index is 1.96. The molecule has 0 aliphatic rings. The predicted octanol–water partition coefficient (Wildman–Crippen LogP) is 6.95. The van der Waals surface area contributed by atoms with E-state index in [2.05, 4.69) is 0 Å². The van der Waals surface area contributed by atoms with Gasteiger partial charge in [0.05, 0.1) is 30.1 Å². The maximum absolute atomic E-state index is 13.7. The van der Waals surface area contributed by atoms with E-state index in [4.69, 9.17) is 101 Å². The van der Waals surface area contributed by atoms with Gasteiger partial charge >= 0.3 is 7.82 Å². The number of anilines is 3. The van der Waals surface area contributed by atoms with Crippen molar-refractivity contribution in [2.24, 2.45) is 17.5 Å². The second-order valence-corrected chi connectivity index (χ2v) is 10.1. The largest absolute Gasteiger partial charge is 0.543 e. The van der Waals surface area contributed by atoms with Crippen LogP contribution in [0.25, 0.3) is 0 Å². The molecule has 0 radical (unpaired) electrons. The zero-order valence-corrected chi connectivity index (χ0v) is 22.5. The summed E-state index contributed by atoms with van der Waals surface area (Å²) in [5.74, 6) is 17.7. The first-order valence-corrected chi connectivity index (χ1v) is 12.8. The summed E-state index contributed by atoms with van der Waals surface area (Å²) in [4.78, 5) is 0. The molecule has 0 heterocycles. The molecule has 0 amide bonds.